The van der Waals surface area contributed by atoms with Crippen LogP contribution in [0, 0.1) is 0 Å². The van der Waals surface area contributed by atoms with E-state index in [4.69, 9.17) is 0 Å². The number of benzene rings is 1. The lowest BCUT2D eigenvalue weighted by atomic mass is 10.1. The van der Waals surface area contributed by atoms with Crippen LogP contribution < -0.4 is 4.90 Å². The van der Waals surface area contributed by atoms with Crippen molar-refractivity contribution in [2.45, 2.75) is 6.42 Å². The molecule has 1 aromatic heterocycles. The van der Waals surface area contributed by atoms with Crippen LogP contribution in [-0.4, -0.2) is 43.1 Å². The summed E-state index contributed by atoms with van der Waals surface area (Å²) < 4.78 is 0. The monoisotopic (exact) mass is 267 g/mol. The molecule has 104 valence electrons. The first-order chi connectivity index (χ1) is 9.83. The van der Waals surface area contributed by atoms with Crippen LogP contribution in [0.5, 0.6) is 0 Å². The summed E-state index contributed by atoms with van der Waals surface area (Å²) in [6.07, 6.45) is 5.15. The highest BCUT2D eigenvalue weighted by Gasteiger charge is 2.13. The van der Waals surface area contributed by atoms with Crippen molar-refractivity contribution in [3.8, 4) is 11.1 Å². The summed E-state index contributed by atoms with van der Waals surface area (Å²) in [7, 11) is 2.20. The molecule has 0 aliphatic carbocycles. The average molecular weight is 267 g/mol. The normalized spacial score (nSPS) is 16.9. The summed E-state index contributed by atoms with van der Waals surface area (Å²) >= 11 is 0. The van der Waals surface area contributed by atoms with Gasteiger partial charge >= 0.3 is 0 Å². The van der Waals surface area contributed by atoms with Crippen molar-refractivity contribution in [3.63, 3.8) is 0 Å². The molecular weight excluding hydrogens is 246 g/mol. The molecule has 3 rings (SSSR count). The Kier molecular flexibility index (Phi) is 3.97. The third kappa shape index (κ3) is 2.99. The fourth-order valence-electron chi connectivity index (χ4n) is 2.69. The smallest absolute Gasteiger partial charge is 0.0559 e. The highest BCUT2D eigenvalue weighted by molar-refractivity contribution is 5.67. The van der Waals surface area contributed by atoms with Gasteiger partial charge in [0.25, 0.3) is 0 Å². The number of aromatic nitrogens is 1. The minimum atomic E-state index is 1.08. The van der Waals surface area contributed by atoms with Crippen molar-refractivity contribution in [1.82, 2.24) is 9.88 Å². The van der Waals surface area contributed by atoms with E-state index in [9.17, 15) is 0 Å². The zero-order valence-electron chi connectivity index (χ0n) is 12.0. The van der Waals surface area contributed by atoms with Crippen LogP contribution in [0.15, 0.2) is 48.8 Å². The lowest BCUT2D eigenvalue weighted by molar-refractivity contribution is 0.360. The van der Waals surface area contributed by atoms with Gasteiger partial charge in [-0.05, 0) is 31.6 Å². The summed E-state index contributed by atoms with van der Waals surface area (Å²) in [5.74, 6) is 0. The van der Waals surface area contributed by atoms with E-state index in [-0.39, 0.29) is 0 Å². The highest BCUT2D eigenvalue weighted by Crippen LogP contribution is 2.23. The summed E-state index contributed by atoms with van der Waals surface area (Å²) in [5, 5.41) is 0. The second-order valence-electron chi connectivity index (χ2n) is 5.44. The second kappa shape index (κ2) is 6.06. The van der Waals surface area contributed by atoms with Gasteiger partial charge in [0.1, 0.15) is 0 Å². The molecule has 1 aliphatic heterocycles. The molecular formula is C17H21N3. The standard InChI is InChI=1S/C17H21N3/c1-19-8-5-9-20(11-10-19)17-12-16(13-18-14-17)15-6-3-2-4-7-15/h2-4,6-7,12-14H,5,8-11H2,1H3. The topological polar surface area (TPSA) is 19.4 Å². The zero-order chi connectivity index (χ0) is 13.8. The first-order valence-corrected chi connectivity index (χ1v) is 7.27. The molecule has 2 heterocycles. The molecule has 3 heteroatoms. The maximum absolute atomic E-state index is 4.43. The van der Waals surface area contributed by atoms with Crippen molar-refractivity contribution < 1.29 is 0 Å². The average Bonchev–Trinajstić information content (AvgIpc) is 2.73. The van der Waals surface area contributed by atoms with E-state index in [1.54, 1.807) is 0 Å². The van der Waals surface area contributed by atoms with E-state index in [1.807, 2.05) is 18.5 Å². The Morgan fingerprint density at radius 1 is 0.900 bits per heavy atom. The number of nitrogens with zero attached hydrogens (tertiary/aromatic N) is 3. The third-order valence-corrected chi connectivity index (χ3v) is 3.92. The van der Waals surface area contributed by atoms with Crippen LogP contribution in [0.2, 0.25) is 0 Å². The van der Waals surface area contributed by atoms with Gasteiger partial charge in [0.15, 0.2) is 0 Å². The molecule has 0 unspecified atom stereocenters. The number of hydrogen-bond donors (Lipinski definition) is 0. The number of hydrogen-bond acceptors (Lipinski definition) is 3. The van der Waals surface area contributed by atoms with Crippen LogP contribution in [0.4, 0.5) is 5.69 Å². The molecule has 1 aliphatic rings. The second-order valence-corrected chi connectivity index (χ2v) is 5.44. The van der Waals surface area contributed by atoms with Gasteiger partial charge < -0.3 is 9.80 Å². The lowest BCUT2D eigenvalue weighted by Crippen LogP contribution is -2.28. The Morgan fingerprint density at radius 2 is 1.75 bits per heavy atom. The first-order valence-electron chi connectivity index (χ1n) is 7.27. The molecule has 1 saturated heterocycles. The number of likely N-dealkylation sites (N-methyl/N-ethyl adjacent to an activating group) is 1. The van der Waals surface area contributed by atoms with E-state index >= 15 is 0 Å². The van der Waals surface area contributed by atoms with Crippen molar-refractivity contribution in [2.24, 2.45) is 0 Å². The SMILES string of the molecule is CN1CCCN(c2cncc(-c3ccccc3)c2)CC1. The minimum Gasteiger partial charge on any atom is -0.369 e. The van der Waals surface area contributed by atoms with E-state index in [0.29, 0.717) is 0 Å². The zero-order valence-corrected chi connectivity index (χ0v) is 12.0. The quantitative estimate of drug-likeness (QED) is 0.834. The van der Waals surface area contributed by atoms with Crippen molar-refractivity contribution >= 4 is 5.69 Å². The van der Waals surface area contributed by atoms with Gasteiger partial charge in [0, 0.05) is 31.4 Å². The Hall–Kier alpha value is -1.87. The van der Waals surface area contributed by atoms with Crippen LogP contribution >= 0.6 is 0 Å². The summed E-state index contributed by atoms with van der Waals surface area (Å²) in [6, 6.07) is 12.7. The fraction of sp³-hybridized carbons (Fsp3) is 0.353. The molecule has 0 spiro atoms. The predicted molar refractivity (Wildman–Crippen MR) is 84.0 cm³/mol. The van der Waals surface area contributed by atoms with Gasteiger partial charge in [-0.25, -0.2) is 0 Å². The van der Waals surface area contributed by atoms with E-state index in [1.165, 1.54) is 29.8 Å². The largest absolute Gasteiger partial charge is 0.369 e. The van der Waals surface area contributed by atoms with E-state index < -0.39 is 0 Å². The molecule has 1 fully saturated rings. The van der Waals surface area contributed by atoms with E-state index in [2.05, 4.69) is 52.2 Å². The molecule has 0 bridgehead atoms. The molecule has 3 nitrogen and oxygen atoms in total. The number of pyridine rings is 1. The first kappa shape index (κ1) is 13.1. The van der Waals surface area contributed by atoms with Crippen LogP contribution in [0.3, 0.4) is 0 Å². The lowest BCUT2D eigenvalue weighted by Gasteiger charge is -2.23. The summed E-state index contributed by atoms with van der Waals surface area (Å²) in [5.41, 5.74) is 3.66. The van der Waals surface area contributed by atoms with Crippen LogP contribution in [0.1, 0.15) is 6.42 Å². The van der Waals surface area contributed by atoms with Crippen LogP contribution in [0.25, 0.3) is 11.1 Å². The number of rotatable bonds is 2. The fourth-order valence-corrected chi connectivity index (χ4v) is 2.69. The minimum absolute atomic E-state index is 1.08. The predicted octanol–water partition coefficient (Wildman–Crippen LogP) is 2.89. The van der Waals surface area contributed by atoms with Gasteiger partial charge in [-0.1, -0.05) is 30.3 Å². The molecule has 1 aromatic carbocycles. The van der Waals surface area contributed by atoms with Gasteiger partial charge in [-0.3, -0.25) is 4.98 Å². The Bertz CT molecular complexity index is 553. The van der Waals surface area contributed by atoms with Crippen molar-refractivity contribution in [1.29, 1.82) is 0 Å². The summed E-state index contributed by atoms with van der Waals surface area (Å²) in [6.45, 7) is 4.50. The van der Waals surface area contributed by atoms with Gasteiger partial charge in [0.2, 0.25) is 0 Å². The third-order valence-electron chi connectivity index (χ3n) is 3.92. The maximum atomic E-state index is 4.43. The highest BCUT2D eigenvalue weighted by atomic mass is 15.2. The molecule has 20 heavy (non-hydrogen) atoms. The molecule has 2 aromatic rings. The van der Waals surface area contributed by atoms with Crippen molar-refractivity contribution in [3.05, 3.63) is 48.8 Å². The van der Waals surface area contributed by atoms with E-state index in [0.717, 1.165) is 19.6 Å². The Balaban J connectivity index is 1.84. The van der Waals surface area contributed by atoms with Crippen molar-refractivity contribution in [2.75, 3.05) is 38.1 Å². The molecule has 0 atom stereocenters. The Morgan fingerprint density at radius 3 is 2.60 bits per heavy atom. The maximum Gasteiger partial charge on any atom is 0.0559 e. The Labute approximate surface area is 120 Å². The molecule has 0 N–H and O–H groups in total. The van der Waals surface area contributed by atoms with Crippen LogP contribution in [-0.2, 0) is 0 Å². The van der Waals surface area contributed by atoms with Gasteiger partial charge in [0.05, 0.1) is 11.9 Å². The summed E-state index contributed by atoms with van der Waals surface area (Å²) in [4.78, 5) is 9.28. The van der Waals surface area contributed by atoms with Gasteiger partial charge in [-0.2, -0.15) is 0 Å². The molecule has 0 saturated carbocycles. The number of anilines is 1. The molecule has 0 amide bonds. The van der Waals surface area contributed by atoms with Gasteiger partial charge in [-0.15, -0.1) is 0 Å². The molecule has 0 radical (unpaired) electrons.